The van der Waals surface area contributed by atoms with Crippen molar-refractivity contribution in [3.8, 4) is 0 Å². The van der Waals surface area contributed by atoms with Crippen molar-refractivity contribution in [1.82, 2.24) is 4.90 Å². The highest BCUT2D eigenvalue weighted by Crippen LogP contribution is 2.26. The molecule has 0 N–H and O–H groups in total. The van der Waals surface area contributed by atoms with Crippen LogP contribution in [0.3, 0.4) is 0 Å². The second-order valence-corrected chi connectivity index (χ2v) is 4.26. The van der Waals surface area contributed by atoms with E-state index in [1.807, 2.05) is 6.92 Å². The lowest BCUT2D eigenvalue weighted by Gasteiger charge is -2.13. The quantitative estimate of drug-likeness (QED) is 0.581. The molecule has 0 saturated carbocycles. The molecule has 1 aliphatic rings. The predicted octanol–water partition coefficient (Wildman–Crippen LogP) is 1.77. The molecular formula is C11H13NO3S. The number of carbonyl (C=O) groups is 2. The Morgan fingerprint density at radius 1 is 1.25 bits per heavy atom. The van der Waals surface area contributed by atoms with Gasteiger partial charge in [0.15, 0.2) is 0 Å². The van der Waals surface area contributed by atoms with E-state index in [0.29, 0.717) is 37.3 Å². The Balaban J connectivity index is 1.96. The van der Waals surface area contributed by atoms with Crippen molar-refractivity contribution in [2.75, 3.05) is 19.8 Å². The van der Waals surface area contributed by atoms with Crippen LogP contribution in [0, 0.1) is 0 Å². The summed E-state index contributed by atoms with van der Waals surface area (Å²) in [5, 5.41) is 3.47. The lowest BCUT2D eigenvalue weighted by molar-refractivity contribution is 0.0630. The zero-order chi connectivity index (χ0) is 11.5. The molecule has 1 aromatic rings. The first kappa shape index (κ1) is 11.3. The number of thiophene rings is 1. The van der Waals surface area contributed by atoms with Crippen molar-refractivity contribution in [2.24, 2.45) is 0 Å². The number of fused-ring (bicyclic) bond motifs is 1. The SMILES string of the molecule is CCOCCCN1C(=O)c2cscc2C1=O. The van der Waals surface area contributed by atoms with Crippen molar-refractivity contribution >= 4 is 23.2 Å². The molecule has 0 spiro atoms. The Hall–Kier alpha value is -1.20. The maximum atomic E-state index is 11.8. The van der Waals surface area contributed by atoms with E-state index in [0.717, 1.165) is 0 Å². The minimum Gasteiger partial charge on any atom is -0.382 e. The summed E-state index contributed by atoms with van der Waals surface area (Å²) < 4.78 is 5.18. The van der Waals surface area contributed by atoms with Crippen molar-refractivity contribution in [2.45, 2.75) is 13.3 Å². The molecule has 5 heteroatoms. The Morgan fingerprint density at radius 2 is 1.88 bits per heavy atom. The molecule has 1 aromatic heterocycles. The van der Waals surface area contributed by atoms with E-state index < -0.39 is 0 Å². The van der Waals surface area contributed by atoms with Crippen LogP contribution in [0.15, 0.2) is 10.8 Å². The highest BCUT2D eigenvalue weighted by Gasteiger charge is 2.35. The van der Waals surface area contributed by atoms with E-state index in [-0.39, 0.29) is 11.8 Å². The van der Waals surface area contributed by atoms with Gasteiger partial charge in [-0.05, 0) is 13.3 Å². The van der Waals surface area contributed by atoms with E-state index >= 15 is 0 Å². The molecule has 1 aliphatic heterocycles. The van der Waals surface area contributed by atoms with Crippen LogP contribution in [0.25, 0.3) is 0 Å². The first-order valence-electron chi connectivity index (χ1n) is 5.25. The molecule has 0 bridgehead atoms. The van der Waals surface area contributed by atoms with Crippen molar-refractivity contribution in [1.29, 1.82) is 0 Å². The Morgan fingerprint density at radius 3 is 2.44 bits per heavy atom. The van der Waals surface area contributed by atoms with E-state index in [4.69, 9.17) is 4.74 Å². The summed E-state index contributed by atoms with van der Waals surface area (Å²) in [5.74, 6) is -0.338. The molecule has 0 atom stereocenters. The summed E-state index contributed by atoms with van der Waals surface area (Å²) in [6.07, 6.45) is 0.693. The van der Waals surface area contributed by atoms with E-state index in [9.17, 15) is 9.59 Å². The summed E-state index contributed by atoms with van der Waals surface area (Å²) in [7, 11) is 0. The van der Waals surface area contributed by atoms with Crippen molar-refractivity contribution in [3.05, 3.63) is 21.9 Å². The van der Waals surface area contributed by atoms with Crippen LogP contribution in [-0.2, 0) is 4.74 Å². The average Bonchev–Trinajstić information content (AvgIpc) is 2.83. The average molecular weight is 239 g/mol. The smallest absolute Gasteiger partial charge is 0.262 e. The van der Waals surface area contributed by atoms with Crippen molar-refractivity contribution in [3.63, 3.8) is 0 Å². The van der Waals surface area contributed by atoms with Gasteiger partial charge in [-0.2, -0.15) is 11.3 Å². The fourth-order valence-electron chi connectivity index (χ4n) is 1.68. The van der Waals surface area contributed by atoms with Gasteiger partial charge in [0.1, 0.15) is 0 Å². The Labute approximate surface area is 97.8 Å². The highest BCUT2D eigenvalue weighted by molar-refractivity contribution is 7.08. The molecule has 0 aromatic carbocycles. The molecule has 2 rings (SSSR count). The van der Waals surface area contributed by atoms with Gasteiger partial charge >= 0.3 is 0 Å². The van der Waals surface area contributed by atoms with Gasteiger partial charge in [-0.3, -0.25) is 14.5 Å². The molecule has 2 heterocycles. The third kappa shape index (κ3) is 1.88. The zero-order valence-corrected chi connectivity index (χ0v) is 9.88. The number of nitrogens with zero attached hydrogens (tertiary/aromatic N) is 1. The Bertz CT molecular complexity index is 383. The van der Waals surface area contributed by atoms with Gasteiger partial charge in [0.2, 0.25) is 0 Å². The molecule has 0 saturated heterocycles. The van der Waals surface area contributed by atoms with Crippen LogP contribution in [0.1, 0.15) is 34.1 Å². The second-order valence-electron chi connectivity index (χ2n) is 3.51. The minimum atomic E-state index is -0.169. The summed E-state index contributed by atoms with van der Waals surface area (Å²) in [5.41, 5.74) is 1.10. The topological polar surface area (TPSA) is 46.6 Å². The fourth-order valence-corrected chi connectivity index (χ4v) is 2.48. The van der Waals surface area contributed by atoms with Gasteiger partial charge in [-0.25, -0.2) is 0 Å². The van der Waals surface area contributed by atoms with Gasteiger partial charge in [0, 0.05) is 30.5 Å². The molecule has 0 fully saturated rings. The van der Waals surface area contributed by atoms with E-state index in [2.05, 4.69) is 0 Å². The van der Waals surface area contributed by atoms with E-state index in [1.165, 1.54) is 16.2 Å². The van der Waals surface area contributed by atoms with Crippen LogP contribution in [0.5, 0.6) is 0 Å². The van der Waals surface area contributed by atoms with Gasteiger partial charge in [0.25, 0.3) is 11.8 Å². The molecule has 0 aliphatic carbocycles. The summed E-state index contributed by atoms with van der Waals surface area (Å²) in [6, 6.07) is 0. The molecular weight excluding hydrogens is 226 g/mol. The first-order valence-corrected chi connectivity index (χ1v) is 6.20. The zero-order valence-electron chi connectivity index (χ0n) is 9.06. The third-order valence-corrected chi connectivity index (χ3v) is 3.23. The van der Waals surface area contributed by atoms with Crippen LogP contribution in [0.2, 0.25) is 0 Å². The lowest BCUT2D eigenvalue weighted by atomic mass is 10.2. The summed E-state index contributed by atoms with van der Waals surface area (Å²) in [6.45, 7) is 3.61. The number of carbonyl (C=O) groups excluding carboxylic acids is 2. The van der Waals surface area contributed by atoms with Gasteiger partial charge in [0.05, 0.1) is 11.1 Å². The van der Waals surface area contributed by atoms with Gasteiger partial charge in [-0.15, -0.1) is 0 Å². The second kappa shape index (κ2) is 4.76. The van der Waals surface area contributed by atoms with Crippen LogP contribution < -0.4 is 0 Å². The molecule has 0 radical (unpaired) electrons. The first-order chi connectivity index (χ1) is 7.75. The maximum Gasteiger partial charge on any atom is 0.262 e. The Kier molecular flexibility index (Phi) is 3.36. The normalized spacial score (nSPS) is 14.7. The highest BCUT2D eigenvalue weighted by atomic mass is 32.1. The van der Waals surface area contributed by atoms with Crippen LogP contribution in [0.4, 0.5) is 0 Å². The summed E-state index contributed by atoms with van der Waals surface area (Å²) >= 11 is 1.39. The molecule has 4 nitrogen and oxygen atoms in total. The number of ether oxygens (including phenoxy) is 1. The van der Waals surface area contributed by atoms with Crippen LogP contribution >= 0.6 is 11.3 Å². The molecule has 16 heavy (non-hydrogen) atoms. The molecule has 2 amide bonds. The number of hydrogen-bond acceptors (Lipinski definition) is 4. The standard InChI is InChI=1S/C11H13NO3S/c1-2-15-5-3-4-12-10(13)8-6-16-7-9(8)11(12)14/h6-7H,2-5H2,1H3. The van der Waals surface area contributed by atoms with Crippen LogP contribution in [-0.4, -0.2) is 36.5 Å². The minimum absolute atomic E-state index is 0.169. The summed E-state index contributed by atoms with van der Waals surface area (Å²) in [4.78, 5) is 24.9. The number of imide groups is 1. The number of rotatable bonds is 5. The monoisotopic (exact) mass is 239 g/mol. The number of amides is 2. The molecule has 0 unspecified atom stereocenters. The van der Waals surface area contributed by atoms with Crippen molar-refractivity contribution < 1.29 is 14.3 Å². The predicted molar refractivity (Wildman–Crippen MR) is 60.8 cm³/mol. The third-order valence-electron chi connectivity index (χ3n) is 2.49. The van der Waals surface area contributed by atoms with Gasteiger partial charge < -0.3 is 4.74 Å². The lowest BCUT2D eigenvalue weighted by Crippen LogP contribution is -2.31. The fraction of sp³-hybridized carbons (Fsp3) is 0.455. The number of hydrogen-bond donors (Lipinski definition) is 0. The van der Waals surface area contributed by atoms with E-state index in [1.54, 1.807) is 10.8 Å². The largest absolute Gasteiger partial charge is 0.382 e. The van der Waals surface area contributed by atoms with Gasteiger partial charge in [-0.1, -0.05) is 0 Å². The maximum absolute atomic E-state index is 11.8. The molecule has 86 valence electrons.